The average Bonchev–Trinajstić information content (AvgIpc) is 2.99. The molecule has 30 heavy (non-hydrogen) atoms. The van der Waals surface area contributed by atoms with Gasteiger partial charge in [0.25, 0.3) is 0 Å². The van der Waals surface area contributed by atoms with E-state index in [4.69, 9.17) is 4.74 Å². The average molecular weight is 412 g/mol. The summed E-state index contributed by atoms with van der Waals surface area (Å²) in [6.45, 7) is 9.65. The first-order valence-electron chi connectivity index (χ1n) is 11.0. The molecule has 1 fully saturated rings. The minimum absolute atomic E-state index is 0.162. The fourth-order valence-corrected chi connectivity index (χ4v) is 4.48. The molecule has 2 aromatic rings. The number of aromatic hydroxyl groups is 2. The maximum Gasteiger partial charge on any atom is 0.197 e. The second kappa shape index (κ2) is 9.04. The Hall–Kier alpha value is -2.60. The summed E-state index contributed by atoms with van der Waals surface area (Å²) >= 11 is 0. The molecule has 1 aromatic carbocycles. The van der Waals surface area contributed by atoms with Crippen LogP contribution in [0.1, 0.15) is 31.4 Å². The zero-order valence-electron chi connectivity index (χ0n) is 18.0. The van der Waals surface area contributed by atoms with Gasteiger partial charge in [0.2, 0.25) is 0 Å². The lowest BCUT2D eigenvalue weighted by molar-refractivity contribution is 0.235. The molecular weight excluding hydrogens is 378 g/mol. The molecule has 0 spiro atoms. The van der Waals surface area contributed by atoms with Gasteiger partial charge in [-0.25, -0.2) is 0 Å². The lowest BCUT2D eigenvalue weighted by Crippen LogP contribution is -2.46. The van der Waals surface area contributed by atoms with Gasteiger partial charge in [0.1, 0.15) is 5.75 Å². The van der Waals surface area contributed by atoms with Gasteiger partial charge in [-0.2, -0.15) is 0 Å². The Morgan fingerprint density at radius 2 is 1.53 bits per heavy atom. The summed E-state index contributed by atoms with van der Waals surface area (Å²) in [6.07, 6.45) is 6.56. The van der Waals surface area contributed by atoms with Crippen molar-refractivity contribution in [1.29, 1.82) is 0 Å². The summed E-state index contributed by atoms with van der Waals surface area (Å²) < 4.78 is 7.66. The van der Waals surface area contributed by atoms with E-state index in [1.54, 1.807) is 4.57 Å². The molecule has 1 saturated heterocycles. The largest absolute Gasteiger partial charge is 0.494 e. The Morgan fingerprint density at radius 3 is 2.17 bits per heavy atom. The number of hydrogen-bond acceptors (Lipinski definition) is 5. The second-order valence-electron chi connectivity index (χ2n) is 8.45. The van der Waals surface area contributed by atoms with Crippen molar-refractivity contribution in [2.24, 2.45) is 0 Å². The number of ether oxygens (including phenoxy) is 1. The number of benzene rings is 1. The highest BCUT2D eigenvalue weighted by Crippen LogP contribution is 2.37. The Labute approximate surface area is 179 Å². The number of anilines is 1. The number of para-hydroxylation sites is 2. The third kappa shape index (κ3) is 4.29. The van der Waals surface area contributed by atoms with E-state index in [1.807, 2.05) is 12.1 Å². The zero-order valence-corrected chi connectivity index (χ0v) is 18.0. The number of aromatic nitrogens is 1. The fourth-order valence-electron chi connectivity index (χ4n) is 4.48. The van der Waals surface area contributed by atoms with Gasteiger partial charge in [-0.3, -0.25) is 9.47 Å². The van der Waals surface area contributed by atoms with Gasteiger partial charge in [-0.1, -0.05) is 24.3 Å². The Morgan fingerprint density at radius 1 is 0.900 bits per heavy atom. The van der Waals surface area contributed by atoms with Crippen molar-refractivity contribution in [3.63, 3.8) is 0 Å². The molecule has 1 aromatic heterocycles. The van der Waals surface area contributed by atoms with E-state index < -0.39 is 0 Å². The number of piperazine rings is 1. The first kappa shape index (κ1) is 20.7. The van der Waals surface area contributed by atoms with Crippen molar-refractivity contribution in [2.75, 3.05) is 37.6 Å². The molecule has 6 nitrogen and oxygen atoms in total. The topological polar surface area (TPSA) is 61.1 Å². The molecule has 2 heterocycles. The number of rotatable bonds is 7. The highest BCUT2D eigenvalue weighted by molar-refractivity contribution is 5.58. The van der Waals surface area contributed by atoms with Gasteiger partial charge in [0.05, 0.1) is 11.8 Å². The number of allylic oxidation sites excluding steroid dienone is 2. The van der Waals surface area contributed by atoms with Crippen LogP contribution in [-0.4, -0.2) is 58.5 Å². The molecule has 6 heteroatoms. The predicted octanol–water partition coefficient (Wildman–Crippen LogP) is 3.55. The van der Waals surface area contributed by atoms with Gasteiger partial charge < -0.3 is 19.8 Å². The zero-order chi connectivity index (χ0) is 21.1. The molecule has 2 N–H and O–H groups in total. The van der Waals surface area contributed by atoms with Gasteiger partial charge >= 0.3 is 0 Å². The normalized spacial score (nSPS) is 16.8. The highest BCUT2D eigenvalue weighted by Gasteiger charge is 2.23. The molecule has 0 bridgehead atoms. The van der Waals surface area contributed by atoms with E-state index in [9.17, 15) is 10.2 Å². The van der Waals surface area contributed by atoms with Crippen LogP contribution in [0.15, 0.2) is 36.4 Å². The Bertz CT molecular complexity index is 864. The van der Waals surface area contributed by atoms with E-state index in [1.165, 1.54) is 5.69 Å². The fraction of sp³-hybridized carbons (Fsp3) is 0.500. The van der Waals surface area contributed by atoms with Crippen LogP contribution < -0.4 is 9.64 Å². The smallest absolute Gasteiger partial charge is 0.197 e. The van der Waals surface area contributed by atoms with Gasteiger partial charge in [-0.15, -0.1) is 0 Å². The van der Waals surface area contributed by atoms with Crippen LogP contribution in [0, 0.1) is 0 Å². The quantitative estimate of drug-likeness (QED) is 0.683. The summed E-state index contributed by atoms with van der Waals surface area (Å²) in [5.74, 6) is 1.43. The van der Waals surface area contributed by atoms with Crippen molar-refractivity contribution < 1.29 is 14.9 Å². The standard InChI is InChI=1S/C24H33N3O3/c1-18(2)30-22-11-6-5-10-21(22)26-16-14-25(15-17-26)12-7-13-27-23(28)19-8-3-4-9-20(19)24(27)29/h3-6,10-11,18,28-29H,7-9,12-17H2,1-2H3. The first-order chi connectivity index (χ1) is 14.5. The molecule has 1 aliphatic heterocycles. The van der Waals surface area contributed by atoms with Crippen LogP contribution in [0.4, 0.5) is 5.69 Å². The van der Waals surface area contributed by atoms with Crippen molar-refractivity contribution >= 4 is 5.69 Å². The van der Waals surface area contributed by atoms with Crippen LogP contribution in [0.5, 0.6) is 17.5 Å². The Kier molecular flexibility index (Phi) is 6.23. The third-order valence-electron chi connectivity index (χ3n) is 6.02. The van der Waals surface area contributed by atoms with Crippen LogP contribution >= 0.6 is 0 Å². The van der Waals surface area contributed by atoms with Crippen molar-refractivity contribution in [3.05, 3.63) is 47.5 Å². The molecule has 0 amide bonds. The number of nitrogens with zero attached hydrogens (tertiary/aromatic N) is 3. The Balaban J connectivity index is 1.29. The van der Waals surface area contributed by atoms with Crippen molar-refractivity contribution in [3.8, 4) is 17.5 Å². The second-order valence-corrected chi connectivity index (χ2v) is 8.45. The summed E-state index contributed by atoms with van der Waals surface area (Å²) in [5, 5.41) is 21.0. The van der Waals surface area contributed by atoms with Crippen LogP contribution in [-0.2, 0) is 19.4 Å². The number of hydrogen-bond donors (Lipinski definition) is 2. The maximum absolute atomic E-state index is 10.5. The van der Waals surface area contributed by atoms with E-state index in [0.717, 1.165) is 56.0 Å². The molecule has 0 radical (unpaired) electrons. The molecule has 1 aliphatic carbocycles. The minimum atomic E-state index is 0.162. The lowest BCUT2D eigenvalue weighted by Gasteiger charge is -2.37. The van der Waals surface area contributed by atoms with Gasteiger partial charge in [0.15, 0.2) is 11.8 Å². The van der Waals surface area contributed by atoms with E-state index in [2.05, 4.69) is 47.9 Å². The molecule has 162 valence electrons. The molecule has 2 aliphatic rings. The monoisotopic (exact) mass is 411 g/mol. The summed E-state index contributed by atoms with van der Waals surface area (Å²) in [4.78, 5) is 4.86. The highest BCUT2D eigenvalue weighted by atomic mass is 16.5. The van der Waals surface area contributed by atoms with Crippen LogP contribution in [0.3, 0.4) is 0 Å². The molecule has 4 rings (SSSR count). The van der Waals surface area contributed by atoms with Crippen molar-refractivity contribution in [1.82, 2.24) is 9.47 Å². The first-order valence-corrected chi connectivity index (χ1v) is 11.0. The van der Waals surface area contributed by atoms with E-state index in [-0.39, 0.29) is 17.9 Å². The van der Waals surface area contributed by atoms with Crippen LogP contribution in [0.25, 0.3) is 0 Å². The minimum Gasteiger partial charge on any atom is -0.494 e. The van der Waals surface area contributed by atoms with Gasteiger partial charge in [0, 0.05) is 43.9 Å². The summed E-state index contributed by atoms with van der Waals surface area (Å²) in [7, 11) is 0. The summed E-state index contributed by atoms with van der Waals surface area (Å²) in [6, 6.07) is 8.28. The molecule has 0 unspecified atom stereocenters. The molecular formula is C24H33N3O3. The third-order valence-corrected chi connectivity index (χ3v) is 6.02. The van der Waals surface area contributed by atoms with E-state index in [0.29, 0.717) is 19.4 Å². The lowest BCUT2D eigenvalue weighted by atomic mass is 10.0. The van der Waals surface area contributed by atoms with Crippen LogP contribution in [0.2, 0.25) is 0 Å². The predicted molar refractivity (Wildman–Crippen MR) is 120 cm³/mol. The molecule has 0 saturated carbocycles. The van der Waals surface area contributed by atoms with Gasteiger partial charge in [-0.05, 0) is 51.8 Å². The SMILES string of the molecule is CC(C)Oc1ccccc1N1CCN(CCCn2c(O)c3c(c2O)CC=CC3)CC1. The van der Waals surface area contributed by atoms with E-state index >= 15 is 0 Å². The van der Waals surface area contributed by atoms with Crippen molar-refractivity contribution in [2.45, 2.75) is 45.8 Å². The molecule has 0 atom stereocenters. The number of fused-ring (bicyclic) bond motifs is 1. The maximum atomic E-state index is 10.5. The summed E-state index contributed by atoms with van der Waals surface area (Å²) in [5.41, 5.74) is 2.93.